The van der Waals surface area contributed by atoms with E-state index in [4.69, 9.17) is 9.47 Å². The first-order valence-electron chi connectivity index (χ1n) is 10.4. The molecule has 11 heteroatoms. The van der Waals surface area contributed by atoms with Crippen molar-refractivity contribution in [3.8, 4) is 11.5 Å². The number of sulfonamides is 1. The number of fused-ring (bicyclic) bond motifs is 1. The Labute approximate surface area is 198 Å². The molecule has 0 radical (unpaired) electrons. The Morgan fingerprint density at radius 2 is 1.64 bits per heavy atom. The number of nitrogens with one attached hydrogen (secondary N) is 1. The molecule has 1 aliphatic heterocycles. The van der Waals surface area contributed by atoms with Crippen molar-refractivity contribution in [2.75, 3.05) is 33.9 Å². The molecular weight excluding hydrogens is 481 g/mol. The highest BCUT2D eigenvalue weighted by molar-refractivity contribution is 7.89. The van der Waals surface area contributed by atoms with E-state index in [1.54, 1.807) is 14.2 Å². The van der Waals surface area contributed by atoms with Gasteiger partial charge in [-0.2, -0.15) is 0 Å². The fraction of sp³-hybridized carbons (Fsp3) is 0.455. The van der Waals surface area contributed by atoms with Gasteiger partial charge in [0, 0.05) is 19.6 Å². The number of methoxy groups -OCH3 is 2. The minimum absolute atomic E-state index is 0. The number of benzene rings is 2. The van der Waals surface area contributed by atoms with Crippen molar-refractivity contribution in [3.63, 3.8) is 0 Å². The van der Waals surface area contributed by atoms with E-state index < -0.39 is 32.4 Å². The third-order valence-corrected chi connectivity index (χ3v) is 7.01. The van der Waals surface area contributed by atoms with Gasteiger partial charge in [-0.1, -0.05) is 6.42 Å². The van der Waals surface area contributed by atoms with Crippen LogP contribution in [-0.2, 0) is 23.0 Å². The third-order valence-electron chi connectivity index (χ3n) is 5.53. The van der Waals surface area contributed by atoms with Crippen LogP contribution >= 0.6 is 12.4 Å². The van der Waals surface area contributed by atoms with E-state index >= 15 is 0 Å². The fourth-order valence-corrected chi connectivity index (χ4v) is 4.91. The topological polar surface area (TPSA) is 67.9 Å². The number of halogens is 4. The van der Waals surface area contributed by atoms with Crippen LogP contribution in [0.3, 0.4) is 0 Å². The second-order valence-corrected chi connectivity index (χ2v) is 9.37. The third kappa shape index (κ3) is 6.53. The Morgan fingerprint density at radius 3 is 2.30 bits per heavy atom. The predicted molar refractivity (Wildman–Crippen MR) is 121 cm³/mol. The molecule has 0 unspecified atom stereocenters. The maximum atomic E-state index is 13.7. The fourth-order valence-electron chi connectivity index (χ4n) is 3.77. The number of nitrogens with zero attached hydrogens (tertiary/aromatic N) is 1. The standard InChI is InChI=1S/C22H27F3N2O4S.ClH/c1-30-18-12-15-8-11-27(14-16(15)13-19(18)31-2)10-5-3-4-9-26-32(28,29)20-7-6-17(23)21(24)22(20)25;/h6-7,12-13,26H,3-5,8-11,14H2,1-2H3;1H. The summed E-state index contributed by atoms with van der Waals surface area (Å²) in [7, 11) is -1.02. The second kappa shape index (κ2) is 11.9. The van der Waals surface area contributed by atoms with Gasteiger partial charge >= 0.3 is 0 Å². The minimum atomic E-state index is -4.25. The van der Waals surface area contributed by atoms with E-state index in [1.807, 2.05) is 12.1 Å². The maximum Gasteiger partial charge on any atom is 0.243 e. The van der Waals surface area contributed by atoms with Crippen molar-refractivity contribution >= 4 is 22.4 Å². The molecule has 0 bridgehead atoms. The molecule has 0 aliphatic carbocycles. The van der Waals surface area contributed by atoms with Crippen LogP contribution in [0.4, 0.5) is 13.2 Å². The molecule has 0 aromatic heterocycles. The molecule has 1 N–H and O–H groups in total. The average Bonchev–Trinajstić information content (AvgIpc) is 2.78. The molecule has 1 aliphatic rings. The Hall–Kier alpha value is -2.01. The summed E-state index contributed by atoms with van der Waals surface area (Å²) in [6.45, 7) is 2.67. The zero-order valence-electron chi connectivity index (χ0n) is 18.5. The molecular formula is C22H28ClF3N2O4S. The van der Waals surface area contributed by atoms with Gasteiger partial charge in [-0.15, -0.1) is 12.4 Å². The van der Waals surface area contributed by atoms with Gasteiger partial charge in [-0.05, 0) is 61.2 Å². The van der Waals surface area contributed by atoms with Crippen LogP contribution in [0.5, 0.6) is 11.5 Å². The van der Waals surface area contributed by atoms with Crippen molar-refractivity contribution in [2.24, 2.45) is 0 Å². The molecule has 1 heterocycles. The predicted octanol–water partition coefficient (Wildman–Crippen LogP) is 4.05. The Kier molecular flexibility index (Phi) is 9.84. The number of ether oxygens (including phenoxy) is 2. The van der Waals surface area contributed by atoms with E-state index in [0.29, 0.717) is 18.2 Å². The summed E-state index contributed by atoms with van der Waals surface area (Å²) >= 11 is 0. The second-order valence-electron chi connectivity index (χ2n) is 7.63. The summed E-state index contributed by atoms with van der Waals surface area (Å²) in [6, 6.07) is 5.34. The zero-order chi connectivity index (χ0) is 23.3. The summed E-state index contributed by atoms with van der Waals surface area (Å²) in [4.78, 5) is 1.44. The van der Waals surface area contributed by atoms with Gasteiger partial charge < -0.3 is 9.47 Å². The molecule has 0 saturated carbocycles. The van der Waals surface area contributed by atoms with Gasteiger partial charge in [0.15, 0.2) is 29.0 Å². The first-order valence-corrected chi connectivity index (χ1v) is 11.8. The Balaban J connectivity index is 0.00000385. The maximum absolute atomic E-state index is 13.7. The minimum Gasteiger partial charge on any atom is -0.493 e. The molecule has 2 aromatic carbocycles. The van der Waals surface area contributed by atoms with Gasteiger partial charge in [0.25, 0.3) is 0 Å². The van der Waals surface area contributed by atoms with Gasteiger partial charge in [0.05, 0.1) is 14.2 Å². The monoisotopic (exact) mass is 508 g/mol. The van der Waals surface area contributed by atoms with Crippen molar-refractivity contribution in [1.82, 2.24) is 9.62 Å². The lowest BCUT2D eigenvalue weighted by Gasteiger charge is -2.29. The van der Waals surface area contributed by atoms with Gasteiger partial charge in [-0.25, -0.2) is 26.3 Å². The van der Waals surface area contributed by atoms with Crippen molar-refractivity contribution in [1.29, 1.82) is 0 Å². The summed E-state index contributed by atoms with van der Waals surface area (Å²) in [5.41, 5.74) is 2.45. The number of rotatable bonds is 10. The quantitative estimate of drug-likeness (QED) is 0.387. The molecule has 184 valence electrons. The molecule has 0 fully saturated rings. The smallest absolute Gasteiger partial charge is 0.243 e. The molecule has 0 amide bonds. The number of unbranched alkanes of at least 4 members (excludes halogenated alkanes) is 2. The summed E-state index contributed by atoms with van der Waals surface area (Å²) in [5, 5.41) is 0. The first-order chi connectivity index (χ1) is 15.3. The highest BCUT2D eigenvalue weighted by Gasteiger charge is 2.23. The average molecular weight is 509 g/mol. The highest BCUT2D eigenvalue weighted by atomic mass is 35.5. The Morgan fingerprint density at radius 1 is 0.970 bits per heavy atom. The van der Waals surface area contributed by atoms with Crippen LogP contribution in [0.2, 0.25) is 0 Å². The summed E-state index contributed by atoms with van der Waals surface area (Å²) < 4.78 is 77.3. The van der Waals surface area contributed by atoms with Gasteiger partial charge in [-0.3, -0.25) is 4.90 Å². The molecule has 0 atom stereocenters. The van der Waals surface area contributed by atoms with Crippen LogP contribution in [0.1, 0.15) is 30.4 Å². The SMILES string of the molecule is COc1cc2c(cc1OC)CN(CCCCCNS(=O)(=O)c1ccc(F)c(F)c1F)CC2.Cl. The largest absolute Gasteiger partial charge is 0.493 e. The van der Waals surface area contributed by atoms with E-state index in [2.05, 4.69) is 9.62 Å². The summed E-state index contributed by atoms with van der Waals surface area (Å²) in [6.07, 6.45) is 3.08. The normalized spacial score (nSPS) is 13.8. The first kappa shape index (κ1) is 27.2. The van der Waals surface area contributed by atoms with Crippen LogP contribution in [0.15, 0.2) is 29.2 Å². The number of hydrogen-bond donors (Lipinski definition) is 1. The van der Waals surface area contributed by atoms with E-state index in [-0.39, 0.29) is 19.0 Å². The lowest BCUT2D eigenvalue weighted by atomic mass is 9.98. The molecule has 0 spiro atoms. The lowest BCUT2D eigenvalue weighted by molar-refractivity contribution is 0.247. The number of hydrogen-bond acceptors (Lipinski definition) is 5. The summed E-state index contributed by atoms with van der Waals surface area (Å²) in [5.74, 6) is -3.51. The van der Waals surface area contributed by atoms with E-state index in [0.717, 1.165) is 50.7 Å². The van der Waals surface area contributed by atoms with Crippen LogP contribution < -0.4 is 14.2 Å². The van der Waals surface area contributed by atoms with Crippen molar-refractivity contribution < 1.29 is 31.1 Å². The van der Waals surface area contributed by atoms with E-state index in [1.165, 1.54) is 11.1 Å². The Bertz CT molecular complexity index is 1070. The molecule has 33 heavy (non-hydrogen) atoms. The van der Waals surface area contributed by atoms with Crippen molar-refractivity contribution in [3.05, 3.63) is 52.8 Å². The van der Waals surface area contributed by atoms with Crippen LogP contribution in [0.25, 0.3) is 0 Å². The van der Waals surface area contributed by atoms with Crippen LogP contribution in [-0.4, -0.2) is 47.2 Å². The van der Waals surface area contributed by atoms with Crippen LogP contribution in [0, 0.1) is 17.5 Å². The molecule has 6 nitrogen and oxygen atoms in total. The molecule has 3 rings (SSSR count). The lowest BCUT2D eigenvalue weighted by Crippen LogP contribution is -2.31. The molecule has 2 aromatic rings. The molecule has 0 saturated heterocycles. The van der Waals surface area contributed by atoms with Gasteiger partial charge in [0.2, 0.25) is 10.0 Å². The zero-order valence-corrected chi connectivity index (χ0v) is 20.1. The van der Waals surface area contributed by atoms with Crippen molar-refractivity contribution in [2.45, 2.75) is 37.1 Å². The van der Waals surface area contributed by atoms with E-state index in [9.17, 15) is 21.6 Å². The highest BCUT2D eigenvalue weighted by Crippen LogP contribution is 2.33. The van der Waals surface area contributed by atoms with Gasteiger partial charge in [0.1, 0.15) is 4.90 Å².